The van der Waals surface area contributed by atoms with Gasteiger partial charge in [-0.2, -0.15) is 10.1 Å². The minimum atomic E-state index is -0.464. The highest BCUT2D eigenvalue weighted by Crippen LogP contribution is 2.21. The molecule has 19 heavy (non-hydrogen) atoms. The zero-order valence-electron chi connectivity index (χ0n) is 10.0. The zero-order valence-corrected chi connectivity index (χ0v) is 10.0. The lowest BCUT2D eigenvalue weighted by Crippen LogP contribution is -2.16. The Morgan fingerprint density at radius 3 is 3.21 bits per heavy atom. The molecular weight excluding hydrogens is 248 g/mol. The summed E-state index contributed by atoms with van der Waals surface area (Å²) in [6, 6.07) is 3.35. The van der Waals surface area contributed by atoms with Gasteiger partial charge in [-0.15, -0.1) is 5.10 Å². The summed E-state index contributed by atoms with van der Waals surface area (Å²) in [5.41, 5.74) is 0. The first-order valence-corrected chi connectivity index (χ1v) is 5.99. The van der Waals surface area contributed by atoms with Gasteiger partial charge in [0, 0.05) is 6.20 Å². The van der Waals surface area contributed by atoms with Crippen molar-refractivity contribution >= 4 is 11.7 Å². The normalized spacial score (nSPS) is 18.4. The number of rotatable bonds is 3. The third kappa shape index (κ3) is 2.58. The molecule has 8 nitrogen and oxygen atoms in total. The van der Waals surface area contributed by atoms with Gasteiger partial charge in [0.05, 0.1) is 6.04 Å². The molecule has 0 saturated carbocycles. The van der Waals surface area contributed by atoms with E-state index >= 15 is 0 Å². The summed E-state index contributed by atoms with van der Waals surface area (Å²) in [6.07, 6.45) is 3.52. The van der Waals surface area contributed by atoms with Gasteiger partial charge >= 0.3 is 0 Å². The van der Waals surface area contributed by atoms with Crippen LogP contribution in [0.2, 0.25) is 0 Å². The molecule has 0 bridgehead atoms. The molecule has 2 aromatic heterocycles. The fourth-order valence-electron chi connectivity index (χ4n) is 1.90. The van der Waals surface area contributed by atoms with Gasteiger partial charge in [-0.05, 0) is 31.5 Å². The van der Waals surface area contributed by atoms with Crippen LogP contribution in [0.5, 0.6) is 0 Å². The number of nitrogens with zero attached hydrogens (tertiary/aromatic N) is 4. The first kappa shape index (κ1) is 11.7. The van der Waals surface area contributed by atoms with E-state index in [-0.39, 0.29) is 11.9 Å². The third-order valence-electron chi connectivity index (χ3n) is 2.82. The molecule has 2 N–H and O–H groups in total. The Morgan fingerprint density at radius 1 is 1.53 bits per heavy atom. The highest BCUT2D eigenvalue weighted by Gasteiger charge is 2.24. The Hall–Kier alpha value is -2.35. The molecule has 0 aromatic carbocycles. The summed E-state index contributed by atoms with van der Waals surface area (Å²) in [5, 5.41) is 16.8. The van der Waals surface area contributed by atoms with Crippen molar-refractivity contribution in [2.24, 2.45) is 0 Å². The first-order chi connectivity index (χ1) is 9.33. The second-order valence-corrected chi connectivity index (χ2v) is 4.17. The van der Waals surface area contributed by atoms with Crippen LogP contribution in [0.25, 0.3) is 0 Å². The standard InChI is InChI=1S/C11H12N6O2/c18-10(14-8-4-2-6-13-16-8)9-15-11(19-17-9)7-3-1-5-12-7/h2,4,6-7,12H,1,3,5H2,(H,14,16,18). The number of carbonyl (C=O) groups excluding carboxylic acids is 1. The lowest BCUT2D eigenvalue weighted by Gasteiger charge is -2.01. The number of aromatic nitrogens is 4. The number of hydrogen-bond donors (Lipinski definition) is 2. The average molecular weight is 260 g/mol. The van der Waals surface area contributed by atoms with Crippen molar-refractivity contribution in [1.82, 2.24) is 25.7 Å². The summed E-state index contributed by atoms with van der Waals surface area (Å²) in [7, 11) is 0. The number of hydrogen-bond acceptors (Lipinski definition) is 7. The van der Waals surface area contributed by atoms with Crippen LogP contribution in [0.3, 0.4) is 0 Å². The molecular formula is C11H12N6O2. The molecule has 3 rings (SSSR count). The lowest BCUT2D eigenvalue weighted by atomic mass is 10.2. The molecule has 2 aromatic rings. The van der Waals surface area contributed by atoms with Crippen molar-refractivity contribution in [3.8, 4) is 0 Å². The van der Waals surface area contributed by atoms with E-state index in [4.69, 9.17) is 4.52 Å². The molecule has 0 aliphatic carbocycles. The van der Waals surface area contributed by atoms with Crippen molar-refractivity contribution in [2.75, 3.05) is 11.9 Å². The number of nitrogens with one attached hydrogen (secondary N) is 2. The van der Waals surface area contributed by atoms with Crippen molar-refractivity contribution in [2.45, 2.75) is 18.9 Å². The van der Waals surface area contributed by atoms with Gasteiger partial charge in [0.25, 0.3) is 11.7 Å². The highest BCUT2D eigenvalue weighted by molar-refractivity contribution is 6.00. The molecule has 0 radical (unpaired) electrons. The fraction of sp³-hybridized carbons (Fsp3) is 0.364. The van der Waals surface area contributed by atoms with Crippen LogP contribution < -0.4 is 10.6 Å². The molecule has 1 fully saturated rings. The predicted octanol–water partition coefficient (Wildman–Crippen LogP) is 0.536. The van der Waals surface area contributed by atoms with Crippen molar-refractivity contribution in [3.05, 3.63) is 30.0 Å². The maximum absolute atomic E-state index is 11.9. The molecule has 1 amide bonds. The zero-order chi connectivity index (χ0) is 13.1. The molecule has 8 heteroatoms. The van der Waals surface area contributed by atoms with Gasteiger partial charge < -0.3 is 15.2 Å². The van der Waals surface area contributed by atoms with Gasteiger partial charge in [-0.1, -0.05) is 5.16 Å². The molecule has 1 unspecified atom stereocenters. The van der Waals surface area contributed by atoms with E-state index in [9.17, 15) is 4.79 Å². The Morgan fingerprint density at radius 2 is 2.47 bits per heavy atom. The molecule has 1 aliphatic heterocycles. The minimum absolute atomic E-state index is 0.00523. The van der Waals surface area contributed by atoms with E-state index in [0.717, 1.165) is 19.4 Å². The quantitative estimate of drug-likeness (QED) is 0.829. The minimum Gasteiger partial charge on any atom is -0.337 e. The Balaban J connectivity index is 1.70. The van der Waals surface area contributed by atoms with Crippen LogP contribution in [-0.4, -0.2) is 32.8 Å². The van der Waals surface area contributed by atoms with E-state index in [1.807, 2.05) is 0 Å². The summed E-state index contributed by atoms with van der Waals surface area (Å²) < 4.78 is 5.09. The smallest absolute Gasteiger partial charge is 0.298 e. The van der Waals surface area contributed by atoms with E-state index in [0.29, 0.717) is 11.7 Å². The number of amides is 1. The maximum Gasteiger partial charge on any atom is 0.298 e. The monoisotopic (exact) mass is 260 g/mol. The summed E-state index contributed by atoms with van der Waals surface area (Å²) in [5.74, 6) is 0.322. The van der Waals surface area contributed by atoms with E-state index < -0.39 is 5.91 Å². The maximum atomic E-state index is 11.9. The van der Waals surface area contributed by atoms with Gasteiger partial charge in [0.15, 0.2) is 5.82 Å². The van der Waals surface area contributed by atoms with Crippen LogP contribution in [0, 0.1) is 0 Å². The van der Waals surface area contributed by atoms with Gasteiger partial charge in [0.2, 0.25) is 5.89 Å². The van der Waals surface area contributed by atoms with E-state index in [1.165, 1.54) is 6.20 Å². The Kier molecular flexibility index (Phi) is 3.15. The van der Waals surface area contributed by atoms with Gasteiger partial charge in [0.1, 0.15) is 0 Å². The van der Waals surface area contributed by atoms with Crippen LogP contribution >= 0.6 is 0 Å². The van der Waals surface area contributed by atoms with Crippen LogP contribution in [0.4, 0.5) is 5.82 Å². The van der Waals surface area contributed by atoms with Crippen molar-refractivity contribution in [3.63, 3.8) is 0 Å². The average Bonchev–Trinajstić information content (AvgIpc) is 3.11. The predicted molar refractivity (Wildman–Crippen MR) is 64.3 cm³/mol. The molecule has 1 aliphatic rings. The lowest BCUT2D eigenvalue weighted by molar-refractivity contribution is 0.101. The SMILES string of the molecule is O=C(Nc1cccnn1)c1noc(C2CCCN2)n1. The fourth-order valence-corrected chi connectivity index (χ4v) is 1.90. The van der Waals surface area contributed by atoms with Crippen LogP contribution in [-0.2, 0) is 0 Å². The first-order valence-electron chi connectivity index (χ1n) is 5.99. The molecule has 1 saturated heterocycles. The van der Waals surface area contributed by atoms with Crippen molar-refractivity contribution < 1.29 is 9.32 Å². The highest BCUT2D eigenvalue weighted by atomic mass is 16.5. The van der Waals surface area contributed by atoms with Crippen LogP contribution in [0.1, 0.15) is 35.4 Å². The largest absolute Gasteiger partial charge is 0.337 e. The second-order valence-electron chi connectivity index (χ2n) is 4.17. The van der Waals surface area contributed by atoms with Gasteiger partial charge in [-0.25, -0.2) is 0 Å². The number of carbonyl (C=O) groups is 1. The van der Waals surface area contributed by atoms with E-state index in [1.54, 1.807) is 12.1 Å². The van der Waals surface area contributed by atoms with Crippen LogP contribution in [0.15, 0.2) is 22.9 Å². The van der Waals surface area contributed by atoms with E-state index in [2.05, 4.69) is 31.0 Å². The Bertz CT molecular complexity index is 564. The second kappa shape index (κ2) is 5.11. The topological polar surface area (TPSA) is 106 Å². The van der Waals surface area contributed by atoms with Crippen molar-refractivity contribution in [1.29, 1.82) is 0 Å². The summed E-state index contributed by atoms with van der Waals surface area (Å²) in [4.78, 5) is 15.9. The summed E-state index contributed by atoms with van der Waals surface area (Å²) >= 11 is 0. The van der Waals surface area contributed by atoms with Gasteiger partial charge in [-0.3, -0.25) is 4.79 Å². The molecule has 3 heterocycles. The molecule has 98 valence electrons. The third-order valence-corrected chi connectivity index (χ3v) is 2.82. The number of anilines is 1. The molecule has 0 spiro atoms. The summed E-state index contributed by atoms with van der Waals surface area (Å²) in [6.45, 7) is 0.925. The Labute approximate surface area is 108 Å². The molecule has 1 atom stereocenters.